The number of nitrogens with one attached hydrogen (secondary N) is 2. The third-order valence-corrected chi connectivity index (χ3v) is 4.37. The Morgan fingerprint density at radius 1 is 1.40 bits per heavy atom. The van der Waals surface area contributed by atoms with Crippen molar-refractivity contribution in [3.8, 4) is 5.75 Å². The number of ether oxygens (including phenoxy) is 1. The van der Waals surface area contributed by atoms with Crippen molar-refractivity contribution in [3.05, 3.63) is 40.6 Å². The van der Waals surface area contributed by atoms with Crippen LogP contribution in [0, 0.1) is 0 Å². The smallest absolute Gasteiger partial charge is 0.273 e. The Hall–Kier alpha value is -1.64. The average Bonchev–Trinajstić information content (AvgIpc) is 3.10. The summed E-state index contributed by atoms with van der Waals surface area (Å²) in [6.07, 6.45) is 3.73. The van der Waals surface area contributed by atoms with E-state index in [1.807, 2.05) is 24.3 Å². The van der Waals surface area contributed by atoms with Gasteiger partial charge in [0.25, 0.3) is 5.91 Å². The molecule has 0 aliphatic carbocycles. The van der Waals surface area contributed by atoms with Crippen LogP contribution in [0.4, 0.5) is 0 Å². The number of rotatable bonds is 6. The first kappa shape index (κ1) is 19.7. The number of nitrogens with zero attached hydrogens (tertiary/aromatic N) is 3. The van der Waals surface area contributed by atoms with Crippen molar-refractivity contribution in [3.63, 3.8) is 0 Å². The molecule has 1 amide bonds. The lowest BCUT2D eigenvalue weighted by Crippen LogP contribution is -2.30. The summed E-state index contributed by atoms with van der Waals surface area (Å²) in [7, 11) is 0. The van der Waals surface area contributed by atoms with Gasteiger partial charge in [-0.05, 0) is 44.1 Å². The monoisotopic (exact) mass is 429 g/mol. The van der Waals surface area contributed by atoms with Crippen LogP contribution in [0.3, 0.4) is 0 Å². The lowest BCUT2D eigenvalue weighted by Gasteiger charge is -2.22. The van der Waals surface area contributed by atoms with Crippen molar-refractivity contribution in [1.29, 1.82) is 0 Å². The lowest BCUT2D eigenvalue weighted by atomic mass is 10.1. The molecular weight excluding hydrogens is 410 g/mol. The summed E-state index contributed by atoms with van der Waals surface area (Å²) in [6.45, 7) is 2.74. The zero-order valence-corrected chi connectivity index (χ0v) is 16.1. The summed E-state index contributed by atoms with van der Waals surface area (Å²) in [5, 5.41) is 14.2. The molecule has 0 radical (unpaired) electrons. The molecule has 0 saturated carbocycles. The van der Waals surface area contributed by atoms with E-state index in [1.165, 1.54) is 0 Å². The zero-order chi connectivity index (χ0) is 16.8. The van der Waals surface area contributed by atoms with Crippen LogP contribution in [0.25, 0.3) is 0 Å². The first-order chi connectivity index (χ1) is 11.7. The third-order valence-electron chi connectivity index (χ3n) is 3.88. The molecule has 0 atom stereocenters. The van der Waals surface area contributed by atoms with Gasteiger partial charge in [-0.25, -0.2) is 4.68 Å². The average molecular weight is 431 g/mol. The highest BCUT2D eigenvalue weighted by Gasteiger charge is 2.18. The van der Waals surface area contributed by atoms with Crippen LogP contribution >= 0.6 is 28.3 Å². The van der Waals surface area contributed by atoms with E-state index in [0.29, 0.717) is 24.9 Å². The normalized spacial score (nSPS) is 14.6. The fourth-order valence-corrected chi connectivity index (χ4v) is 2.99. The number of aromatic nitrogens is 3. The van der Waals surface area contributed by atoms with Gasteiger partial charge in [-0.2, -0.15) is 0 Å². The Morgan fingerprint density at radius 2 is 2.20 bits per heavy atom. The Bertz CT molecular complexity index is 691. The third kappa shape index (κ3) is 5.69. The van der Waals surface area contributed by atoms with Gasteiger partial charge in [-0.15, -0.1) is 17.5 Å². The largest absolute Gasteiger partial charge is 0.492 e. The Kier molecular flexibility index (Phi) is 7.67. The lowest BCUT2D eigenvalue weighted by molar-refractivity contribution is 0.0942. The molecule has 1 aromatic carbocycles. The molecule has 1 aliphatic heterocycles. The summed E-state index contributed by atoms with van der Waals surface area (Å²) in [5.74, 6) is 0.531. The summed E-state index contributed by atoms with van der Waals surface area (Å²) >= 11 is 3.39. The number of piperidine rings is 1. The van der Waals surface area contributed by atoms with Gasteiger partial charge in [0.2, 0.25) is 0 Å². The molecule has 2 heterocycles. The van der Waals surface area contributed by atoms with Gasteiger partial charge in [0.15, 0.2) is 5.69 Å². The van der Waals surface area contributed by atoms with Gasteiger partial charge >= 0.3 is 0 Å². The first-order valence-electron chi connectivity index (χ1n) is 8.01. The van der Waals surface area contributed by atoms with Crippen LogP contribution in [0.1, 0.15) is 29.4 Å². The van der Waals surface area contributed by atoms with Crippen molar-refractivity contribution in [1.82, 2.24) is 25.6 Å². The Balaban J connectivity index is 0.00000225. The van der Waals surface area contributed by atoms with Crippen molar-refractivity contribution in [2.75, 3.05) is 26.2 Å². The number of carbonyl (C=O) groups excluding carboxylic acids is 1. The molecule has 0 spiro atoms. The van der Waals surface area contributed by atoms with E-state index in [-0.39, 0.29) is 18.3 Å². The number of amides is 1. The maximum absolute atomic E-state index is 12.1. The number of hydrogen-bond acceptors (Lipinski definition) is 5. The van der Waals surface area contributed by atoms with Gasteiger partial charge in [0.1, 0.15) is 12.4 Å². The first-order valence-corrected chi connectivity index (χ1v) is 8.81. The molecule has 1 aromatic heterocycles. The van der Waals surface area contributed by atoms with Crippen molar-refractivity contribution in [2.45, 2.75) is 18.9 Å². The second kappa shape index (κ2) is 9.74. The fourth-order valence-electron chi connectivity index (χ4n) is 2.61. The van der Waals surface area contributed by atoms with E-state index < -0.39 is 0 Å². The van der Waals surface area contributed by atoms with Crippen molar-refractivity contribution < 1.29 is 9.53 Å². The van der Waals surface area contributed by atoms with E-state index >= 15 is 0 Å². The highest BCUT2D eigenvalue weighted by molar-refractivity contribution is 9.10. The van der Waals surface area contributed by atoms with Crippen LogP contribution in [0.15, 0.2) is 34.9 Å². The topological polar surface area (TPSA) is 81.1 Å². The fraction of sp³-hybridized carbons (Fsp3) is 0.438. The predicted octanol–water partition coefficient (Wildman–Crippen LogP) is 2.20. The minimum atomic E-state index is -0.229. The minimum absolute atomic E-state index is 0. The molecular formula is C16H21BrClN5O2. The second-order valence-electron chi connectivity index (χ2n) is 5.63. The SMILES string of the molecule is Cl.O=C(NCCOc1cccc(Br)c1)c1cn(C2CCNCC2)nn1. The zero-order valence-electron chi connectivity index (χ0n) is 13.7. The maximum Gasteiger partial charge on any atom is 0.273 e. The summed E-state index contributed by atoms with van der Waals surface area (Å²) in [6, 6.07) is 7.90. The molecule has 0 unspecified atom stereocenters. The second-order valence-corrected chi connectivity index (χ2v) is 6.54. The van der Waals surface area contributed by atoms with Crippen LogP contribution in [0.5, 0.6) is 5.75 Å². The Labute approximate surface area is 161 Å². The molecule has 2 aromatic rings. The number of halogens is 2. The summed E-state index contributed by atoms with van der Waals surface area (Å²) < 4.78 is 8.34. The quantitative estimate of drug-likeness (QED) is 0.687. The van der Waals surface area contributed by atoms with E-state index in [0.717, 1.165) is 36.2 Å². The maximum atomic E-state index is 12.1. The van der Waals surface area contributed by atoms with Crippen LogP contribution in [-0.4, -0.2) is 47.1 Å². The number of benzene rings is 1. The van der Waals surface area contributed by atoms with E-state index in [9.17, 15) is 4.79 Å². The van der Waals surface area contributed by atoms with Crippen LogP contribution in [-0.2, 0) is 0 Å². The molecule has 1 fully saturated rings. The molecule has 1 aliphatic rings. The minimum Gasteiger partial charge on any atom is -0.492 e. The predicted molar refractivity (Wildman–Crippen MR) is 100 cm³/mol. The van der Waals surface area contributed by atoms with Gasteiger partial charge in [0, 0.05) is 4.47 Å². The van der Waals surface area contributed by atoms with Gasteiger partial charge in [-0.3, -0.25) is 4.79 Å². The number of carbonyl (C=O) groups is 1. The van der Waals surface area contributed by atoms with Crippen molar-refractivity contribution >= 4 is 34.2 Å². The number of hydrogen-bond donors (Lipinski definition) is 2. The Morgan fingerprint density at radius 3 is 2.96 bits per heavy atom. The molecule has 25 heavy (non-hydrogen) atoms. The van der Waals surface area contributed by atoms with Crippen LogP contribution in [0.2, 0.25) is 0 Å². The highest BCUT2D eigenvalue weighted by atomic mass is 79.9. The molecule has 1 saturated heterocycles. The standard InChI is InChI=1S/C16H20BrN5O2.ClH/c17-12-2-1-3-14(10-12)24-9-8-19-16(23)15-11-22(21-20-15)13-4-6-18-7-5-13;/h1-3,10-11,13,18H,4-9H2,(H,19,23);1H. The van der Waals surface area contributed by atoms with Gasteiger partial charge < -0.3 is 15.4 Å². The van der Waals surface area contributed by atoms with E-state index in [1.54, 1.807) is 10.9 Å². The van der Waals surface area contributed by atoms with E-state index in [2.05, 4.69) is 36.9 Å². The van der Waals surface area contributed by atoms with Crippen LogP contribution < -0.4 is 15.4 Å². The highest BCUT2D eigenvalue weighted by Crippen LogP contribution is 2.18. The van der Waals surface area contributed by atoms with Gasteiger partial charge in [-0.1, -0.05) is 27.2 Å². The van der Waals surface area contributed by atoms with Gasteiger partial charge in [0.05, 0.1) is 18.8 Å². The molecule has 2 N–H and O–H groups in total. The molecule has 9 heteroatoms. The van der Waals surface area contributed by atoms with E-state index in [4.69, 9.17) is 4.74 Å². The summed E-state index contributed by atoms with van der Waals surface area (Å²) in [5.41, 5.74) is 0.344. The molecule has 0 bridgehead atoms. The molecule has 3 rings (SSSR count). The summed E-state index contributed by atoms with van der Waals surface area (Å²) in [4.78, 5) is 12.1. The molecule has 7 nitrogen and oxygen atoms in total. The molecule has 136 valence electrons. The van der Waals surface area contributed by atoms with Crippen molar-refractivity contribution in [2.24, 2.45) is 0 Å².